The minimum Gasteiger partial charge on any atom is -0.372 e. The molecular formula is C10H20N2O2. The van der Waals surface area contributed by atoms with Gasteiger partial charge in [-0.2, -0.15) is 0 Å². The molecule has 0 bridgehead atoms. The van der Waals surface area contributed by atoms with Crippen LogP contribution in [0.15, 0.2) is 0 Å². The number of amides is 1. The van der Waals surface area contributed by atoms with Gasteiger partial charge in [-0.3, -0.25) is 4.79 Å². The first-order valence-electron chi connectivity index (χ1n) is 5.33. The second-order valence-corrected chi connectivity index (χ2v) is 3.69. The summed E-state index contributed by atoms with van der Waals surface area (Å²) in [5.74, 6) is 0.118. The molecule has 0 aromatic rings. The maximum Gasteiger partial charge on any atom is 0.248 e. The lowest BCUT2D eigenvalue weighted by Crippen LogP contribution is -2.53. The van der Waals surface area contributed by atoms with Gasteiger partial charge in [-0.05, 0) is 13.3 Å². The summed E-state index contributed by atoms with van der Waals surface area (Å²) in [6, 6.07) is 0.293. The highest BCUT2D eigenvalue weighted by Crippen LogP contribution is 2.02. The van der Waals surface area contributed by atoms with Gasteiger partial charge in [0.25, 0.3) is 0 Å². The van der Waals surface area contributed by atoms with Crippen molar-refractivity contribution in [3.8, 4) is 0 Å². The van der Waals surface area contributed by atoms with E-state index in [9.17, 15) is 4.79 Å². The third-order valence-corrected chi connectivity index (χ3v) is 2.40. The summed E-state index contributed by atoms with van der Waals surface area (Å²) in [4.78, 5) is 13.6. The van der Waals surface area contributed by atoms with Crippen LogP contribution in [0.2, 0.25) is 0 Å². The van der Waals surface area contributed by atoms with Crippen molar-refractivity contribution in [1.29, 1.82) is 0 Å². The summed E-state index contributed by atoms with van der Waals surface area (Å²) in [5, 5.41) is 3.25. The Morgan fingerprint density at radius 3 is 3.07 bits per heavy atom. The molecule has 82 valence electrons. The van der Waals surface area contributed by atoms with Crippen molar-refractivity contribution >= 4 is 5.91 Å². The predicted molar refractivity (Wildman–Crippen MR) is 55.2 cm³/mol. The van der Waals surface area contributed by atoms with Crippen molar-refractivity contribution in [1.82, 2.24) is 10.2 Å². The maximum atomic E-state index is 11.7. The molecule has 0 spiro atoms. The highest BCUT2D eigenvalue weighted by atomic mass is 16.5. The maximum absolute atomic E-state index is 11.7. The molecule has 0 saturated carbocycles. The van der Waals surface area contributed by atoms with Crippen LogP contribution in [0.5, 0.6) is 0 Å². The second kappa shape index (κ2) is 5.98. The number of hydrogen-bond acceptors (Lipinski definition) is 3. The Hall–Kier alpha value is -0.610. The normalized spacial score (nSPS) is 22.4. The van der Waals surface area contributed by atoms with E-state index in [1.54, 1.807) is 0 Å². The molecule has 0 aromatic carbocycles. The molecule has 1 N–H and O–H groups in total. The predicted octanol–water partition coefficient (Wildman–Crippen LogP) is 0.233. The lowest BCUT2D eigenvalue weighted by molar-refractivity contribution is -0.138. The molecule has 0 radical (unpaired) electrons. The van der Waals surface area contributed by atoms with E-state index in [-0.39, 0.29) is 12.5 Å². The number of rotatable bonds is 4. The smallest absolute Gasteiger partial charge is 0.248 e. The molecule has 1 fully saturated rings. The van der Waals surface area contributed by atoms with Gasteiger partial charge in [0.15, 0.2) is 0 Å². The third-order valence-electron chi connectivity index (χ3n) is 2.40. The minimum atomic E-state index is 0.118. The summed E-state index contributed by atoms with van der Waals surface area (Å²) in [5.41, 5.74) is 0. The number of nitrogens with one attached hydrogen (secondary N) is 1. The number of ether oxygens (including phenoxy) is 1. The van der Waals surface area contributed by atoms with Gasteiger partial charge >= 0.3 is 0 Å². The highest BCUT2D eigenvalue weighted by molar-refractivity contribution is 5.77. The van der Waals surface area contributed by atoms with Crippen LogP contribution in [0.4, 0.5) is 0 Å². The van der Waals surface area contributed by atoms with Crippen LogP contribution in [0.25, 0.3) is 0 Å². The molecular weight excluding hydrogens is 180 g/mol. The fourth-order valence-corrected chi connectivity index (χ4v) is 1.60. The molecule has 1 heterocycles. The van der Waals surface area contributed by atoms with Gasteiger partial charge in [-0.1, -0.05) is 6.92 Å². The van der Waals surface area contributed by atoms with Crippen LogP contribution >= 0.6 is 0 Å². The highest BCUT2D eigenvalue weighted by Gasteiger charge is 2.22. The summed E-state index contributed by atoms with van der Waals surface area (Å²) in [7, 11) is 0. The number of piperazine rings is 1. The van der Waals surface area contributed by atoms with E-state index in [1.165, 1.54) is 0 Å². The molecule has 1 atom stereocenters. The van der Waals surface area contributed by atoms with Crippen LogP contribution in [0, 0.1) is 0 Å². The van der Waals surface area contributed by atoms with E-state index >= 15 is 0 Å². The monoisotopic (exact) mass is 200 g/mol. The average molecular weight is 200 g/mol. The topological polar surface area (TPSA) is 41.6 Å². The first-order valence-corrected chi connectivity index (χ1v) is 5.33. The molecule has 1 amide bonds. The fraction of sp³-hybridized carbons (Fsp3) is 0.900. The van der Waals surface area contributed by atoms with E-state index < -0.39 is 0 Å². The molecule has 0 aliphatic carbocycles. The fourth-order valence-electron chi connectivity index (χ4n) is 1.60. The van der Waals surface area contributed by atoms with Crippen LogP contribution in [-0.2, 0) is 9.53 Å². The van der Waals surface area contributed by atoms with Gasteiger partial charge in [0.1, 0.15) is 6.61 Å². The first kappa shape index (κ1) is 11.5. The Morgan fingerprint density at radius 2 is 2.43 bits per heavy atom. The van der Waals surface area contributed by atoms with Crippen LogP contribution < -0.4 is 5.32 Å². The minimum absolute atomic E-state index is 0.118. The van der Waals surface area contributed by atoms with Gasteiger partial charge in [-0.25, -0.2) is 0 Å². The first-order chi connectivity index (χ1) is 6.75. The Labute approximate surface area is 85.6 Å². The Morgan fingerprint density at radius 1 is 1.64 bits per heavy atom. The number of carbonyl (C=O) groups excluding carboxylic acids is 1. The van der Waals surface area contributed by atoms with Gasteiger partial charge in [-0.15, -0.1) is 0 Å². The third kappa shape index (κ3) is 3.27. The van der Waals surface area contributed by atoms with Gasteiger partial charge < -0.3 is 15.0 Å². The quantitative estimate of drug-likeness (QED) is 0.661. The molecule has 0 unspecified atom stereocenters. The van der Waals surface area contributed by atoms with Crippen LogP contribution in [-0.4, -0.2) is 49.7 Å². The van der Waals surface area contributed by atoms with E-state index in [0.29, 0.717) is 12.6 Å². The van der Waals surface area contributed by atoms with Crippen molar-refractivity contribution in [3.63, 3.8) is 0 Å². The molecule has 1 rings (SSSR count). The van der Waals surface area contributed by atoms with Gasteiger partial charge in [0, 0.05) is 32.3 Å². The average Bonchev–Trinajstić information content (AvgIpc) is 2.18. The zero-order chi connectivity index (χ0) is 10.4. The molecule has 1 aliphatic heterocycles. The number of carbonyl (C=O) groups is 1. The summed E-state index contributed by atoms with van der Waals surface area (Å²) in [6.07, 6.45) is 0.963. The lowest BCUT2D eigenvalue weighted by atomic mass is 10.2. The van der Waals surface area contributed by atoms with Crippen molar-refractivity contribution in [2.24, 2.45) is 0 Å². The Bertz CT molecular complexity index is 185. The molecule has 1 aliphatic rings. The molecule has 4 heteroatoms. The molecule has 4 nitrogen and oxygen atoms in total. The summed E-state index contributed by atoms with van der Waals surface area (Å²) >= 11 is 0. The molecule has 14 heavy (non-hydrogen) atoms. The standard InChI is InChI=1S/C10H20N2O2/c1-3-6-14-8-10(13)12-5-4-11-7-9(12)2/h9,11H,3-8H2,1-2H3/t9-/m1/s1. The van der Waals surface area contributed by atoms with Gasteiger partial charge in [0.2, 0.25) is 5.91 Å². The van der Waals surface area contributed by atoms with E-state index in [2.05, 4.69) is 12.2 Å². The molecule has 0 aromatic heterocycles. The van der Waals surface area contributed by atoms with E-state index in [1.807, 2.05) is 11.8 Å². The van der Waals surface area contributed by atoms with E-state index in [0.717, 1.165) is 26.1 Å². The second-order valence-electron chi connectivity index (χ2n) is 3.69. The van der Waals surface area contributed by atoms with Crippen molar-refractivity contribution in [2.45, 2.75) is 26.3 Å². The Kier molecular flexibility index (Phi) is 4.90. The summed E-state index contributed by atoms with van der Waals surface area (Å²) < 4.78 is 5.23. The lowest BCUT2D eigenvalue weighted by Gasteiger charge is -2.33. The van der Waals surface area contributed by atoms with Crippen molar-refractivity contribution in [2.75, 3.05) is 32.8 Å². The van der Waals surface area contributed by atoms with E-state index in [4.69, 9.17) is 4.74 Å². The molecule has 1 saturated heterocycles. The largest absolute Gasteiger partial charge is 0.372 e. The van der Waals surface area contributed by atoms with Crippen LogP contribution in [0.1, 0.15) is 20.3 Å². The van der Waals surface area contributed by atoms with Gasteiger partial charge in [0.05, 0.1) is 0 Å². The number of hydrogen-bond donors (Lipinski definition) is 1. The Balaban J connectivity index is 2.27. The zero-order valence-electron chi connectivity index (χ0n) is 9.08. The van der Waals surface area contributed by atoms with Crippen LogP contribution in [0.3, 0.4) is 0 Å². The summed E-state index contributed by atoms with van der Waals surface area (Å²) in [6.45, 7) is 7.59. The van der Waals surface area contributed by atoms with Crippen molar-refractivity contribution in [3.05, 3.63) is 0 Å². The number of nitrogens with zero attached hydrogens (tertiary/aromatic N) is 1. The van der Waals surface area contributed by atoms with Crippen molar-refractivity contribution < 1.29 is 9.53 Å². The SMILES string of the molecule is CCCOCC(=O)N1CCNC[C@H]1C. The zero-order valence-corrected chi connectivity index (χ0v) is 9.08.